The van der Waals surface area contributed by atoms with E-state index >= 15 is 0 Å². The predicted octanol–water partition coefficient (Wildman–Crippen LogP) is 3.64. The molecular weight excluding hydrogens is 376 g/mol. The van der Waals surface area contributed by atoms with Crippen molar-refractivity contribution in [1.82, 2.24) is 10.2 Å². The van der Waals surface area contributed by atoms with E-state index in [1.165, 1.54) is 11.1 Å². The number of aryl methyl sites for hydroxylation is 1. The summed E-state index contributed by atoms with van der Waals surface area (Å²) in [6, 6.07) is 14.9. The lowest BCUT2D eigenvalue weighted by molar-refractivity contribution is -0.111. The molecule has 1 saturated heterocycles. The van der Waals surface area contributed by atoms with Gasteiger partial charge in [0.25, 0.3) is 0 Å². The molecule has 2 aromatic carbocycles. The molecule has 2 unspecified atom stereocenters. The second kappa shape index (κ2) is 9.63. The Hall–Kier alpha value is -2.37. The number of ether oxygens (including phenoxy) is 2. The molecule has 2 atom stereocenters. The van der Waals surface area contributed by atoms with Gasteiger partial charge in [0, 0.05) is 25.1 Å². The number of fused-ring (bicyclic) bond motifs is 1. The molecular formula is C25H32N2O3. The maximum atomic E-state index is 10.9. The van der Waals surface area contributed by atoms with Gasteiger partial charge in [0.15, 0.2) is 0 Å². The van der Waals surface area contributed by atoms with E-state index in [9.17, 15) is 4.79 Å². The van der Waals surface area contributed by atoms with Crippen LogP contribution in [0.15, 0.2) is 42.5 Å². The number of benzene rings is 2. The highest BCUT2D eigenvalue weighted by molar-refractivity contribution is 5.50. The fraction of sp³-hybridized carbons (Fsp3) is 0.480. The quantitative estimate of drug-likeness (QED) is 0.711. The van der Waals surface area contributed by atoms with Crippen LogP contribution in [0.3, 0.4) is 0 Å². The minimum Gasteiger partial charge on any atom is -0.496 e. The molecule has 2 aliphatic heterocycles. The van der Waals surface area contributed by atoms with Crippen molar-refractivity contribution in [2.45, 2.75) is 44.9 Å². The summed E-state index contributed by atoms with van der Waals surface area (Å²) < 4.78 is 12.3. The van der Waals surface area contributed by atoms with E-state index in [0.717, 1.165) is 62.2 Å². The summed E-state index contributed by atoms with van der Waals surface area (Å²) >= 11 is 0. The molecule has 0 bridgehead atoms. The van der Waals surface area contributed by atoms with Gasteiger partial charge in [-0.3, -0.25) is 9.69 Å². The second-order valence-corrected chi connectivity index (χ2v) is 8.48. The Morgan fingerprint density at radius 1 is 1.17 bits per heavy atom. The number of nitrogens with one attached hydrogen (secondary N) is 1. The van der Waals surface area contributed by atoms with Gasteiger partial charge >= 0.3 is 0 Å². The van der Waals surface area contributed by atoms with E-state index in [1.54, 1.807) is 7.11 Å². The Morgan fingerprint density at radius 2 is 1.93 bits per heavy atom. The maximum Gasteiger partial charge on any atom is 0.207 e. The van der Waals surface area contributed by atoms with E-state index in [-0.39, 0.29) is 12.2 Å². The van der Waals surface area contributed by atoms with Crippen LogP contribution in [0.5, 0.6) is 5.75 Å². The highest BCUT2D eigenvalue weighted by atomic mass is 16.5. The maximum absolute atomic E-state index is 10.9. The smallest absolute Gasteiger partial charge is 0.207 e. The van der Waals surface area contributed by atoms with E-state index in [0.29, 0.717) is 12.5 Å². The van der Waals surface area contributed by atoms with Crippen LogP contribution in [0, 0.1) is 12.8 Å². The molecule has 0 aromatic heterocycles. The fourth-order valence-electron chi connectivity index (χ4n) is 5.01. The minimum absolute atomic E-state index is 0.124. The molecule has 2 aliphatic rings. The first kappa shape index (κ1) is 20.9. The Morgan fingerprint density at radius 3 is 2.63 bits per heavy atom. The molecule has 30 heavy (non-hydrogen) atoms. The number of likely N-dealkylation sites (tertiary alicyclic amines) is 1. The van der Waals surface area contributed by atoms with Crippen LogP contribution < -0.4 is 10.1 Å². The Kier molecular flexibility index (Phi) is 6.70. The van der Waals surface area contributed by atoms with Crippen LogP contribution in [-0.2, 0) is 22.5 Å². The topological polar surface area (TPSA) is 50.8 Å². The SMILES string of the molecule is COc1c(C)ccc2c1CC(C1CCN(Cc3ccccc3)CC1)OC2CNC=O. The number of carbonyl (C=O) groups is 1. The zero-order valence-corrected chi connectivity index (χ0v) is 18.0. The zero-order valence-electron chi connectivity index (χ0n) is 18.0. The van der Waals surface area contributed by atoms with Crippen LogP contribution in [-0.4, -0.2) is 44.2 Å². The number of piperidine rings is 1. The lowest BCUT2D eigenvalue weighted by Gasteiger charge is -2.41. The standard InChI is InChI=1S/C25H32N2O3/c1-18-8-9-21-22(25(18)29-2)14-23(30-24(21)15-26-17-28)20-10-12-27(13-11-20)16-19-6-4-3-5-7-19/h3-9,17,20,23-24H,10-16H2,1-2H3,(H,26,28). The molecule has 2 heterocycles. The number of hydrogen-bond acceptors (Lipinski definition) is 4. The van der Waals surface area contributed by atoms with E-state index in [1.807, 2.05) is 0 Å². The van der Waals surface area contributed by atoms with Gasteiger partial charge in [0.2, 0.25) is 6.41 Å². The lowest BCUT2D eigenvalue weighted by Crippen LogP contribution is -2.42. The summed E-state index contributed by atoms with van der Waals surface area (Å²) in [4.78, 5) is 13.4. The van der Waals surface area contributed by atoms with Crippen molar-refractivity contribution in [1.29, 1.82) is 0 Å². The number of amides is 1. The van der Waals surface area contributed by atoms with E-state index in [2.05, 4.69) is 59.6 Å². The number of methoxy groups -OCH3 is 1. The average Bonchev–Trinajstić information content (AvgIpc) is 2.78. The van der Waals surface area contributed by atoms with Crippen molar-refractivity contribution in [3.05, 3.63) is 64.7 Å². The molecule has 5 nitrogen and oxygen atoms in total. The van der Waals surface area contributed by atoms with Gasteiger partial charge in [-0.05, 0) is 55.5 Å². The van der Waals surface area contributed by atoms with E-state index in [4.69, 9.17) is 9.47 Å². The highest BCUT2D eigenvalue weighted by Crippen LogP contribution is 2.41. The van der Waals surface area contributed by atoms with Crippen LogP contribution in [0.25, 0.3) is 0 Å². The molecule has 160 valence electrons. The number of carbonyl (C=O) groups excluding carboxylic acids is 1. The third kappa shape index (κ3) is 4.52. The highest BCUT2D eigenvalue weighted by Gasteiger charge is 2.36. The first-order valence-electron chi connectivity index (χ1n) is 10.9. The van der Waals surface area contributed by atoms with Gasteiger partial charge in [-0.2, -0.15) is 0 Å². The predicted molar refractivity (Wildman–Crippen MR) is 118 cm³/mol. The van der Waals surface area contributed by atoms with Crippen LogP contribution in [0.1, 0.15) is 41.2 Å². The Balaban J connectivity index is 1.46. The molecule has 0 radical (unpaired) electrons. The number of rotatable bonds is 7. The molecule has 1 amide bonds. The van der Waals surface area contributed by atoms with Crippen LogP contribution in [0.2, 0.25) is 0 Å². The molecule has 0 aliphatic carbocycles. The summed E-state index contributed by atoms with van der Waals surface area (Å²) in [5, 5.41) is 2.81. The molecule has 5 heteroatoms. The average molecular weight is 409 g/mol. The van der Waals surface area contributed by atoms with Crippen molar-refractivity contribution in [3.8, 4) is 5.75 Å². The minimum atomic E-state index is -0.124. The third-order valence-corrected chi connectivity index (χ3v) is 6.58. The van der Waals surface area contributed by atoms with Gasteiger partial charge in [-0.25, -0.2) is 0 Å². The fourth-order valence-corrected chi connectivity index (χ4v) is 5.01. The summed E-state index contributed by atoms with van der Waals surface area (Å²) in [6.07, 6.45) is 3.93. The van der Waals surface area contributed by atoms with Crippen LogP contribution >= 0.6 is 0 Å². The van der Waals surface area contributed by atoms with Gasteiger partial charge in [-0.15, -0.1) is 0 Å². The molecule has 0 saturated carbocycles. The molecule has 0 spiro atoms. The van der Waals surface area contributed by atoms with Crippen molar-refractivity contribution in [2.24, 2.45) is 5.92 Å². The summed E-state index contributed by atoms with van der Waals surface area (Å²) in [5.41, 5.74) is 4.92. The van der Waals surface area contributed by atoms with E-state index < -0.39 is 0 Å². The normalized spacial score (nSPS) is 22.3. The first-order valence-corrected chi connectivity index (χ1v) is 10.9. The molecule has 1 N–H and O–H groups in total. The number of hydrogen-bond donors (Lipinski definition) is 1. The van der Waals surface area contributed by atoms with Gasteiger partial charge in [0.05, 0.1) is 13.2 Å². The molecule has 4 rings (SSSR count). The van der Waals surface area contributed by atoms with Crippen molar-refractivity contribution in [3.63, 3.8) is 0 Å². The summed E-state index contributed by atoms with van der Waals surface area (Å²) in [7, 11) is 1.74. The monoisotopic (exact) mass is 408 g/mol. The summed E-state index contributed by atoms with van der Waals surface area (Å²) in [5.74, 6) is 1.49. The second-order valence-electron chi connectivity index (χ2n) is 8.48. The van der Waals surface area contributed by atoms with Crippen molar-refractivity contribution >= 4 is 6.41 Å². The first-order chi connectivity index (χ1) is 14.7. The third-order valence-electron chi connectivity index (χ3n) is 6.58. The lowest BCUT2D eigenvalue weighted by atomic mass is 9.83. The zero-order chi connectivity index (χ0) is 20.9. The van der Waals surface area contributed by atoms with Crippen molar-refractivity contribution < 1.29 is 14.3 Å². The molecule has 1 fully saturated rings. The summed E-state index contributed by atoms with van der Waals surface area (Å²) in [6.45, 7) is 5.78. The number of nitrogens with zero attached hydrogens (tertiary/aromatic N) is 1. The molecule has 2 aromatic rings. The largest absolute Gasteiger partial charge is 0.496 e. The van der Waals surface area contributed by atoms with Gasteiger partial charge < -0.3 is 14.8 Å². The Bertz CT molecular complexity index is 847. The van der Waals surface area contributed by atoms with Gasteiger partial charge in [-0.1, -0.05) is 42.5 Å². The van der Waals surface area contributed by atoms with Crippen molar-refractivity contribution in [2.75, 3.05) is 26.7 Å². The van der Waals surface area contributed by atoms with Gasteiger partial charge in [0.1, 0.15) is 11.9 Å². The Labute approximate surface area is 179 Å². The van der Waals surface area contributed by atoms with Crippen LogP contribution in [0.4, 0.5) is 0 Å².